The Morgan fingerprint density at radius 1 is 1.50 bits per heavy atom. The average Bonchev–Trinajstić information content (AvgIpc) is 2.65. The quantitative estimate of drug-likeness (QED) is 0.651. The summed E-state index contributed by atoms with van der Waals surface area (Å²) in [5.74, 6) is 0.545. The van der Waals surface area contributed by atoms with Gasteiger partial charge in [-0.15, -0.1) is 0 Å². The zero-order valence-corrected chi connectivity index (χ0v) is 9.48. The van der Waals surface area contributed by atoms with Gasteiger partial charge >= 0.3 is 0 Å². The van der Waals surface area contributed by atoms with Crippen molar-refractivity contribution in [3.05, 3.63) is 0 Å². The van der Waals surface area contributed by atoms with Crippen LogP contribution in [0.15, 0.2) is 0 Å². The minimum Gasteiger partial charge on any atom is -0.380 e. The summed E-state index contributed by atoms with van der Waals surface area (Å²) in [7, 11) is -2.79. The number of hydrogen-bond acceptors (Lipinski definition) is 4. The first-order chi connectivity index (χ1) is 6.64. The molecule has 5 heteroatoms. The molecule has 0 radical (unpaired) electrons. The summed E-state index contributed by atoms with van der Waals surface area (Å²) in [5.41, 5.74) is 0. The Morgan fingerprint density at radius 3 is 2.86 bits per heavy atom. The highest BCUT2D eigenvalue weighted by Gasteiger charge is 2.14. The summed E-state index contributed by atoms with van der Waals surface area (Å²) < 4.78 is 27.5. The minimum atomic E-state index is -2.79. The van der Waals surface area contributed by atoms with Crippen molar-refractivity contribution in [2.75, 3.05) is 31.3 Å². The van der Waals surface area contributed by atoms with Crippen molar-refractivity contribution in [2.24, 2.45) is 0 Å². The van der Waals surface area contributed by atoms with E-state index in [1.54, 1.807) is 6.92 Å². The van der Waals surface area contributed by atoms with Gasteiger partial charge in [-0.25, -0.2) is 8.42 Å². The molecule has 0 aromatic carbocycles. The fourth-order valence-electron chi connectivity index (χ4n) is 1.44. The van der Waals surface area contributed by atoms with Gasteiger partial charge in [0.2, 0.25) is 0 Å². The van der Waals surface area contributed by atoms with E-state index in [2.05, 4.69) is 5.32 Å². The Balaban J connectivity index is 2.04. The van der Waals surface area contributed by atoms with Crippen LogP contribution in [0.25, 0.3) is 0 Å². The summed E-state index contributed by atoms with van der Waals surface area (Å²) >= 11 is 0. The van der Waals surface area contributed by atoms with Gasteiger partial charge < -0.3 is 10.1 Å². The van der Waals surface area contributed by atoms with Crippen molar-refractivity contribution in [1.82, 2.24) is 5.32 Å². The van der Waals surface area contributed by atoms with Crippen LogP contribution in [0.3, 0.4) is 0 Å². The van der Waals surface area contributed by atoms with E-state index in [-0.39, 0.29) is 5.75 Å². The lowest BCUT2D eigenvalue weighted by Crippen LogP contribution is -2.31. The monoisotopic (exact) mass is 221 g/mol. The molecule has 1 aliphatic rings. The van der Waals surface area contributed by atoms with Crippen LogP contribution in [0, 0.1) is 0 Å². The van der Waals surface area contributed by atoms with Gasteiger partial charge in [-0.05, 0) is 19.4 Å². The maximum Gasteiger partial charge on any atom is 0.150 e. The van der Waals surface area contributed by atoms with Crippen molar-refractivity contribution in [3.8, 4) is 0 Å². The van der Waals surface area contributed by atoms with Gasteiger partial charge in [0.25, 0.3) is 0 Å². The summed E-state index contributed by atoms with van der Waals surface area (Å²) in [6.45, 7) is 4.05. The molecule has 1 atom stereocenters. The van der Waals surface area contributed by atoms with Crippen LogP contribution < -0.4 is 5.32 Å². The molecule has 1 unspecified atom stereocenters. The number of sulfone groups is 1. The largest absolute Gasteiger partial charge is 0.380 e. The molecule has 0 aromatic heterocycles. The van der Waals surface area contributed by atoms with Crippen LogP contribution in [-0.2, 0) is 14.6 Å². The van der Waals surface area contributed by atoms with E-state index in [9.17, 15) is 8.42 Å². The highest BCUT2D eigenvalue weighted by molar-refractivity contribution is 7.91. The van der Waals surface area contributed by atoms with Gasteiger partial charge in [0.1, 0.15) is 9.84 Å². The van der Waals surface area contributed by atoms with Gasteiger partial charge in [0, 0.05) is 18.4 Å². The molecule has 4 nitrogen and oxygen atoms in total. The molecule has 1 aliphatic heterocycles. The third-order valence-electron chi connectivity index (χ3n) is 2.43. The molecule has 84 valence electrons. The van der Waals surface area contributed by atoms with Crippen LogP contribution in [0.4, 0.5) is 0 Å². The van der Waals surface area contributed by atoms with Crippen molar-refractivity contribution >= 4 is 9.84 Å². The fourth-order valence-corrected chi connectivity index (χ4v) is 2.31. The second kappa shape index (κ2) is 5.68. The summed E-state index contributed by atoms with van der Waals surface area (Å²) in [6.07, 6.45) is 1.74. The first-order valence-corrected chi connectivity index (χ1v) is 6.98. The molecule has 0 bridgehead atoms. The molecule has 0 aliphatic carbocycles. The third-order valence-corrected chi connectivity index (χ3v) is 4.22. The van der Waals surface area contributed by atoms with Crippen molar-refractivity contribution in [1.29, 1.82) is 0 Å². The molecule has 0 spiro atoms. The molecular formula is C9H19NO3S. The maximum absolute atomic E-state index is 11.1. The third kappa shape index (κ3) is 4.39. The van der Waals surface area contributed by atoms with Gasteiger partial charge in [0.15, 0.2) is 0 Å². The van der Waals surface area contributed by atoms with Crippen LogP contribution in [0.5, 0.6) is 0 Å². The predicted octanol–water partition coefficient (Wildman–Crippen LogP) is 0.190. The lowest BCUT2D eigenvalue weighted by molar-refractivity contribution is 0.190. The zero-order chi connectivity index (χ0) is 10.4. The van der Waals surface area contributed by atoms with E-state index in [1.807, 2.05) is 0 Å². The average molecular weight is 221 g/mol. The lowest BCUT2D eigenvalue weighted by atomic mass is 10.2. The minimum absolute atomic E-state index is 0.250. The normalized spacial score (nSPS) is 22.8. The van der Waals surface area contributed by atoms with Crippen LogP contribution in [0.1, 0.15) is 19.8 Å². The Bertz CT molecular complexity index is 245. The van der Waals surface area contributed by atoms with Gasteiger partial charge in [0.05, 0.1) is 12.4 Å². The van der Waals surface area contributed by atoms with E-state index >= 15 is 0 Å². The number of hydrogen-bond donors (Lipinski definition) is 1. The standard InChI is InChI=1S/C9H19NO3S/c1-2-14(11,12)7-3-5-10-9-4-6-13-8-9/h9-10H,2-8H2,1H3. The van der Waals surface area contributed by atoms with E-state index in [4.69, 9.17) is 4.74 Å². The number of ether oxygens (including phenoxy) is 1. The molecule has 1 saturated heterocycles. The molecule has 1 heterocycles. The lowest BCUT2D eigenvalue weighted by Gasteiger charge is -2.09. The first kappa shape index (κ1) is 11.9. The smallest absolute Gasteiger partial charge is 0.150 e. The summed E-state index contributed by atoms with van der Waals surface area (Å²) in [5, 5.41) is 3.29. The summed E-state index contributed by atoms with van der Waals surface area (Å²) in [6, 6.07) is 0.430. The highest BCUT2D eigenvalue weighted by Crippen LogP contribution is 2.03. The molecule has 0 amide bonds. The Kier molecular flexibility index (Phi) is 4.84. The van der Waals surface area contributed by atoms with Crippen molar-refractivity contribution in [3.63, 3.8) is 0 Å². The molecule has 1 rings (SSSR count). The Labute approximate surface area is 85.9 Å². The zero-order valence-electron chi connectivity index (χ0n) is 8.66. The molecule has 1 N–H and O–H groups in total. The second-order valence-corrected chi connectivity index (χ2v) is 6.08. The molecule has 0 saturated carbocycles. The maximum atomic E-state index is 11.1. The first-order valence-electron chi connectivity index (χ1n) is 5.15. The fraction of sp³-hybridized carbons (Fsp3) is 1.00. The Morgan fingerprint density at radius 2 is 2.29 bits per heavy atom. The van der Waals surface area contributed by atoms with Crippen LogP contribution in [0.2, 0.25) is 0 Å². The molecule has 1 fully saturated rings. The van der Waals surface area contributed by atoms with E-state index < -0.39 is 9.84 Å². The SMILES string of the molecule is CCS(=O)(=O)CCCNC1CCOC1. The second-order valence-electron chi connectivity index (χ2n) is 3.60. The summed E-state index contributed by atoms with van der Waals surface area (Å²) in [4.78, 5) is 0. The molecular weight excluding hydrogens is 202 g/mol. The molecule has 14 heavy (non-hydrogen) atoms. The highest BCUT2D eigenvalue weighted by atomic mass is 32.2. The Hall–Kier alpha value is -0.130. The van der Waals surface area contributed by atoms with E-state index in [0.717, 1.165) is 26.2 Å². The van der Waals surface area contributed by atoms with Crippen molar-refractivity contribution in [2.45, 2.75) is 25.8 Å². The van der Waals surface area contributed by atoms with Gasteiger partial charge in [-0.3, -0.25) is 0 Å². The van der Waals surface area contributed by atoms with Gasteiger partial charge in [-0.1, -0.05) is 6.92 Å². The van der Waals surface area contributed by atoms with Gasteiger partial charge in [-0.2, -0.15) is 0 Å². The topological polar surface area (TPSA) is 55.4 Å². The van der Waals surface area contributed by atoms with E-state index in [0.29, 0.717) is 18.2 Å². The molecule has 0 aromatic rings. The number of nitrogens with one attached hydrogen (secondary N) is 1. The van der Waals surface area contributed by atoms with Crippen LogP contribution in [-0.4, -0.2) is 45.7 Å². The number of rotatable bonds is 6. The predicted molar refractivity (Wildman–Crippen MR) is 56.2 cm³/mol. The van der Waals surface area contributed by atoms with E-state index in [1.165, 1.54) is 0 Å². The van der Waals surface area contributed by atoms with Crippen molar-refractivity contribution < 1.29 is 13.2 Å². The van der Waals surface area contributed by atoms with Crippen LogP contribution >= 0.6 is 0 Å².